The van der Waals surface area contributed by atoms with E-state index in [9.17, 15) is 8.42 Å². The molecule has 0 amide bonds. The van der Waals surface area contributed by atoms with Crippen LogP contribution in [-0.2, 0) is 10.0 Å². The van der Waals surface area contributed by atoms with Crippen LogP contribution in [-0.4, -0.2) is 39.4 Å². The molecule has 1 aliphatic heterocycles. The fourth-order valence-corrected chi connectivity index (χ4v) is 5.45. The zero-order valence-electron chi connectivity index (χ0n) is 15.5. The lowest BCUT2D eigenvalue weighted by Gasteiger charge is -2.23. The van der Waals surface area contributed by atoms with E-state index < -0.39 is 10.0 Å². The molecule has 146 valence electrons. The number of hydrogen-bond acceptors (Lipinski definition) is 8. The van der Waals surface area contributed by atoms with Crippen LogP contribution in [0.5, 0.6) is 0 Å². The van der Waals surface area contributed by atoms with Crippen LogP contribution in [0.3, 0.4) is 0 Å². The topological polar surface area (TPSA) is 114 Å². The third-order valence-corrected chi connectivity index (χ3v) is 6.82. The van der Waals surface area contributed by atoms with Gasteiger partial charge in [-0.15, -0.1) is 0 Å². The SMILES string of the molecule is Cc1noc(C)c1S(=O)(=O)N1CCC[C@H]1c1cccc(Nc2cnccn2)n1. The smallest absolute Gasteiger partial charge is 0.249 e. The van der Waals surface area contributed by atoms with Gasteiger partial charge in [-0.3, -0.25) is 4.98 Å². The summed E-state index contributed by atoms with van der Waals surface area (Å²) in [4.78, 5) is 12.9. The second-order valence-corrected chi connectivity index (χ2v) is 8.42. The number of aromatic nitrogens is 4. The van der Waals surface area contributed by atoms with Crippen LogP contribution in [0, 0.1) is 13.8 Å². The summed E-state index contributed by atoms with van der Waals surface area (Å²) < 4.78 is 33.1. The fourth-order valence-electron chi connectivity index (χ4n) is 3.49. The summed E-state index contributed by atoms with van der Waals surface area (Å²) in [6, 6.07) is 5.15. The van der Waals surface area contributed by atoms with Gasteiger partial charge in [-0.05, 0) is 38.8 Å². The van der Waals surface area contributed by atoms with Gasteiger partial charge in [0.05, 0.1) is 17.9 Å². The molecule has 0 saturated carbocycles. The molecule has 1 N–H and O–H groups in total. The summed E-state index contributed by atoms with van der Waals surface area (Å²) in [5.74, 6) is 1.45. The third-order valence-electron chi connectivity index (χ3n) is 4.67. The lowest BCUT2D eigenvalue weighted by Crippen LogP contribution is -2.31. The number of anilines is 2. The second kappa shape index (κ2) is 7.28. The Bertz CT molecular complexity index is 1060. The van der Waals surface area contributed by atoms with Gasteiger partial charge in [-0.2, -0.15) is 4.31 Å². The fraction of sp³-hybridized carbons (Fsp3) is 0.333. The summed E-state index contributed by atoms with van der Waals surface area (Å²) in [6.07, 6.45) is 6.23. The molecule has 28 heavy (non-hydrogen) atoms. The zero-order chi connectivity index (χ0) is 19.7. The Kier molecular flexibility index (Phi) is 4.82. The maximum absolute atomic E-state index is 13.3. The molecule has 1 aliphatic rings. The summed E-state index contributed by atoms with van der Waals surface area (Å²) in [5, 5.41) is 6.88. The molecule has 9 nitrogen and oxygen atoms in total. The zero-order valence-corrected chi connectivity index (χ0v) is 16.3. The van der Waals surface area contributed by atoms with Crippen molar-refractivity contribution in [1.29, 1.82) is 0 Å². The van der Waals surface area contributed by atoms with Crippen molar-refractivity contribution in [2.24, 2.45) is 0 Å². The molecule has 1 saturated heterocycles. The van der Waals surface area contributed by atoms with E-state index in [1.54, 1.807) is 38.5 Å². The van der Waals surface area contributed by atoms with Crippen molar-refractivity contribution >= 4 is 21.7 Å². The minimum atomic E-state index is -3.73. The minimum Gasteiger partial charge on any atom is -0.360 e. The van der Waals surface area contributed by atoms with Crippen LogP contribution in [0.25, 0.3) is 0 Å². The largest absolute Gasteiger partial charge is 0.360 e. The van der Waals surface area contributed by atoms with E-state index >= 15 is 0 Å². The highest BCUT2D eigenvalue weighted by Crippen LogP contribution is 2.37. The number of rotatable bonds is 5. The van der Waals surface area contributed by atoms with Crippen molar-refractivity contribution < 1.29 is 12.9 Å². The van der Waals surface area contributed by atoms with E-state index in [0.29, 0.717) is 41.7 Å². The van der Waals surface area contributed by atoms with Crippen LogP contribution in [0.1, 0.15) is 36.0 Å². The summed E-state index contributed by atoms with van der Waals surface area (Å²) >= 11 is 0. The molecular formula is C18H20N6O3S. The van der Waals surface area contributed by atoms with Crippen molar-refractivity contribution in [3.63, 3.8) is 0 Å². The predicted octanol–water partition coefficient (Wildman–Crippen LogP) is 2.75. The highest BCUT2D eigenvalue weighted by atomic mass is 32.2. The molecule has 1 fully saturated rings. The number of hydrogen-bond donors (Lipinski definition) is 1. The van der Waals surface area contributed by atoms with Crippen molar-refractivity contribution in [3.8, 4) is 0 Å². The molecule has 0 aliphatic carbocycles. The first-order valence-electron chi connectivity index (χ1n) is 8.91. The van der Waals surface area contributed by atoms with Gasteiger partial charge in [0.15, 0.2) is 5.76 Å². The van der Waals surface area contributed by atoms with Crippen molar-refractivity contribution in [1.82, 2.24) is 24.4 Å². The second-order valence-electron chi connectivity index (χ2n) is 6.59. The average Bonchev–Trinajstić information content (AvgIpc) is 3.30. The monoisotopic (exact) mass is 400 g/mol. The van der Waals surface area contributed by atoms with Gasteiger partial charge >= 0.3 is 0 Å². The van der Waals surface area contributed by atoms with E-state index in [1.165, 1.54) is 4.31 Å². The molecular weight excluding hydrogens is 380 g/mol. The highest BCUT2D eigenvalue weighted by molar-refractivity contribution is 7.89. The van der Waals surface area contributed by atoms with Crippen molar-refractivity contribution in [2.45, 2.75) is 37.6 Å². The number of nitrogens with one attached hydrogen (secondary N) is 1. The average molecular weight is 400 g/mol. The normalized spacial score (nSPS) is 17.7. The maximum atomic E-state index is 13.3. The van der Waals surface area contributed by atoms with Gasteiger partial charge in [0.25, 0.3) is 0 Å². The van der Waals surface area contributed by atoms with Gasteiger partial charge in [0.2, 0.25) is 10.0 Å². The van der Waals surface area contributed by atoms with Gasteiger partial charge in [-0.1, -0.05) is 11.2 Å². The Morgan fingerprint density at radius 3 is 2.79 bits per heavy atom. The molecule has 1 atom stereocenters. The van der Waals surface area contributed by atoms with E-state index in [-0.39, 0.29) is 10.9 Å². The number of pyridine rings is 1. The highest BCUT2D eigenvalue weighted by Gasteiger charge is 2.39. The van der Waals surface area contributed by atoms with Crippen LogP contribution >= 0.6 is 0 Å². The van der Waals surface area contributed by atoms with E-state index in [1.807, 2.05) is 12.1 Å². The molecule has 0 unspecified atom stereocenters. The third kappa shape index (κ3) is 3.36. The molecule has 4 heterocycles. The Labute approximate surface area is 162 Å². The van der Waals surface area contributed by atoms with Gasteiger partial charge in [0, 0.05) is 18.9 Å². The molecule has 4 rings (SSSR count). The van der Waals surface area contributed by atoms with E-state index in [4.69, 9.17) is 4.52 Å². The first kappa shape index (κ1) is 18.5. The molecule has 0 aromatic carbocycles. The molecule has 0 spiro atoms. The first-order chi connectivity index (χ1) is 13.5. The van der Waals surface area contributed by atoms with E-state index in [0.717, 1.165) is 6.42 Å². The lowest BCUT2D eigenvalue weighted by atomic mass is 10.1. The molecule has 0 radical (unpaired) electrons. The lowest BCUT2D eigenvalue weighted by molar-refractivity contribution is 0.381. The van der Waals surface area contributed by atoms with Crippen LogP contribution in [0.4, 0.5) is 11.6 Å². The Morgan fingerprint density at radius 2 is 2.07 bits per heavy atom. The number of sulfonamides is 1. The standard InChI is InChI=1S/C18H20N6O3S/c1-12-18(13(2)27-23-12)28(25,26)24-10-4-6-15(24)14-5-3-7-16(21-14)22-17-11-19-8-9-20-17/h3,5,7-9,11,15H,4,6,10H2,1-2H3,(H,20,21,22)/t15-/m0/s1. The van der Waals surface area contributed by atoms with E-state index in [2.05, 4.69) is 25.4 Å². The van der Waals surface area contributed by atoms with Crippen LogP contribution < -0.4 is 5.32 Å². The maximum Gasteiger partial charge on any atom is 0.249 e. The first-order valence-corrected chi connectivity index (χ1v) is 10.4. The summed E-state index contributed by atoms with van der Waals surface area (Å²) in [5.41, 5.74) is 1.05. The predicted molar refractivity (Wildman–Crippen MR) is 101 cm³/mol. The van der Waals surface area contributed by atoms with Crippen LogP contribution in [0.2, 0.25) is 0 Å². The molecule has 0 bridgehead atoms. The number of nitrogens with zero attached hydrogens (tertiary/aromatic N) is 5. The molecule has 3 aromatic heterocycles. The molecule has 10 heteroatoms. The minimum absolute atomic E-state index is 0.147. The Hall–Kier alpha value is -2.85. The Morgan fingerprint density at radius 1 is 1.21 bits per heavy atom. The molecule has 3 aromatic rings. The quantitative estimate of drug-likeness (QED) is 0.695. The summed E-state index contributed by atoms with van der Waals surface area (Å²) in [6.45, 7) is 3.68. The summed E-state index contributed by atoms with van der Waals surface area (Å²) in [7, 11) is -3.73. The van der Waals surface area contributed by atoms with Gasteiger partial charge < -0.3 is 9.84 Å². The van der Waals surface area contributed by atoms with Crippen LogP contribution in [0.15, 0.2) is 46.2 Å². The van der Waals surface area contributed by atoms with Gasteiger partial charge in [0.1, 0.15) is 22.2 Å². The van der Waals surface area contributed by atoms with Gasteiger partial charge in [-0.25, -0.2) is 18.4 Å². The Balaban J connectivity index is 1.65. The van der Waals surface area contributed by atoms with Crippen molar-refractivity contribution in [3.05, 3.63) is 53.9 Å². The van der Waals surface area contributed by atoms with Crippen molar-refractivity contribution in [2.75, 3.05) is 11.9 Å². The number of aryl methyl sites for hydroxylation is 2.